The maximum Gasteiger partial charge on any atom is 0.260 e. The van der Waals surface area contributed by atoms with Crippen LogP contribution in [-0.2, 0) is 11.2 Å². The molecule has 1 aliphatic heterocycles. The maximum absolute atomic E-state index is 12.6. The Labute approximate surface area is 197 Å². The quantitative estimate of drug-likeness (QED) is 0.442. The summed E-state index contributed by atoms with van der Waals surface area (Å²) in [4.78, 5) is 13.3. The number of nitrogens with one attached hydrogen (secondary N) is 2. The number of thioether (sulfide) groups is 1. The van der Waals surface area contributed by atoms with Gasteiger partial charge in [0.05, 0.1) is 17.7 Å². The average molecular weight is 468 g/mol. The Morgan fingerprint density at radius 3 is 2.62 bits per heavy atom. The van der Waals surface area contributed by atoms with Crippen molar-refractivity contribution in [2.45, 2.75) is 32.7 Å². The van der Waals surface area contributed by atoms with Gasteiger partial charge in [0, 0.05) is 22.1 Å². The molecule has 2 N–H and O–H groups in total. The third-order valence-electron chi connectivity index (χ3n) is 5.53. The van der Waals surface area contributed by atoms with Gasteiger partial charge in [-0.05, 0) is 73.9 Å². The Bertz CT molecular complexity index is 1180. The second-order valence-corrected chi connectivity index (χ2v) is 9.24. The Hall–Kier alpha value is -2.83. The summed E-state index contributed by atoms with van der Waals surface area (Å²) in [7, 11) is 1.65. The molecule has 2 heterocycles. The normalized spacial score (nSPS) is 17.0. The van der Waals surface area contributed by atoms with E-state index in [0.29, 0.717) is 9.93 Å². The van der Waals surface area contributed by atoms with Crippen LogP contribution in [0.25, 0.3) is 11.8 Å². The molecule has 1 amide bonds. The van der Waals surface area contributed by atoms with Crippen molar-refractivity contribution in [2.75, 3.05) is 12.4 Å². The van der Waals surface area contributed by atoms with Crippen LogP contribution in [0.5, 0.6) is 5.75 Å². The zero-order valence-electron chi connectivity index (χ0n) is 18.5. The summed E-state index contributed by atoms with van der Waals surface area (Å²) in [5.41, 5.74) is 5.95. The number of hydrogen-bond acceptors (Lipinski definition) is 4. The van der Waals surface area contributed by atoms with Crippen LogP contribution in [0.15, 0.2) is 53.4 Å². The van der Waals surface area contributed by atoms with Gasteiger partial charge in [0.1, 0.15) is 5.75 Å². The van der Waals surface area contributed by atoms with Crippen LogP contribution < -0.4 is 15.4 Å². The van der Waals surface area contributed by atoms with E-state index in [0.717, 1.165) is 40.5 Å². The molecule has 3 aromatic rings. The lowest BCUT2D eigenvalue weighted by atomic mass is 10.1. The minimum Gasteiger partial charge on any atom is -0.495 e. The van der Waals surface area contributed by atoms with Crippen LogP contribution in [0.1, 0.15) is 29.4 Å². The highest BCUT2D eigenvalue weighted by molar-refractivity contribution is 8.05. The number of methoxy groups -OCH3 is 1. The minimum absolute atomic E-state index is 0.0807. The second-order valence-electron chi connectivity index (χ2n) is 7.65. The van der Waals surface area contributed by atoms with Gasteiger partial charge in [-0.25, -0.2) is 0 Å². The van der Waals surface area contributed by atoms with Crippen molar-refractivity contribution < 1.29 is 9.53 Å². The highest BCUT2D eigenvalue weighted by atomic mass is 35.5. The molecule has 32 heavy (non-hydrogen) atoms. The molecule has 1 fully saturated rings. The van der Waals surface area contributed by atoms with Crippen LogP contribution in [0.3, 0.4) is 0 Å². The van der Waals surface area contributed by atoms with Crippen LogP contribution in [0.2, 0.25) is 5.02 Å². The number of carbonyl (C=O) groups excluding carboxylic acids is 1. The van der Waals surface area contributed by atoms with Gasteiger partial charge in [0.25, 0.3) is 5.91 Å². The van der Waals surface area contributed by atoms with E-state index in [1.807, 2.05) is 50.3 Å². The van der Waals surface area contributed by atoms with Crippen molar-refractivity contribution in [2.24, 2.45) is 0 Å². The van der Waals surface area contributed by atoms with E-state index in [4.69, 9.17) is 16.3 Å². The number of halogens is 1. The van der Waals surface area contributed by atoms with Crippen molar-refractivity contribution in [3.63, 3.8) is 0 Å². The molecule has 166 valence electrons. The molecule has 1 saturated heterocycles. The lowest BCUT2D eigenvalue weighted by Gasteiger charge is -2.14. The number of rotatable bonds is 6. The number of amides is 1. The zero-order valence-corrected chi connectivity index (χ0v) is 20.1. The van der Waals surface area contributed by atoms with E-state index in [9.17, 15) is 4.79 Å². The number of carbonyl (C=O) groups is 1. The number of ether oxygens (including phenoxy) is 1. The third kappa shape index (κ3) is 4.52. The van der Waals surface area contributed by atoms with Crippen LogP contribution >= 0.6 is 23.4 Å². The lowest BCUT2D eigenvalue weighted by molar-refractivity contribution is -0.116. The van der Waals surface area contributed by atoms with Gasteiger partial charge in [-0.2, -0.15) is 0 Å². The van der Waals surface area contributed by atoms with Gasteiger partial charge in [0.15, 0.2) is 5.50 Å². The standard InChI is InChI=1S/C25H26ClN3O2S/c1-5-17-6-9-20(10-7-17)27-25-28-24(30)23(32-25)13-18-12-15(2)29(16(18)3)21-14-19(26)8-11-22(21)31-4/h6-14,25,27H,5H2,1-4H3,(H,28,30)/b23-13-/t25-/m0/s1. The molecular weight excluding hydrogens is 442 g/mol. The van der Waals surface area contributed by atoms with E-state index >= 15 is 0 Å². The monoisotopic (exact) mass is 467 g/mol. The summed E-state index contributed by atoms with van der Waals surface area (Å²) in [6.45, 7) is 6.19. The summed E-state index contributed by atoms with van der Waals surface area (Å²) in [5, 5.41) is 7.01. The van der Waals surface area contributed by atoms with Gasteiger partial charge in [-0.15, -0.1) is 0 Å². The largest absolute Gasteiger partial charge is 0.495 e. The van der Waals surface area contributed by atoms with Gasteiger partial charge >= 0.3 is 0 Å². The average Bonchev–Trinajstić information content (AvgIpc) is 3.26. The van der Waals surface area contributed by atoms with Crippen molar-refractivity contribution in [1.29, 1.82) is 0 Å². The predicted octanol–water partition coefficient (Wildman–Crippen LogP) is 5.92. The topological polar surface area (TPSA) is 55.3 Å². The van der Waals surface area contributed by atoms with Gasteiger partial charge in [-0.3, -0.25) is 4.79 Å². The third-order valence-corrected chi connectivity index (χ3v) is 6.79. The molecule has 1 atom stereocenters. The van der Waals surface area contributed by atoms with Crippen molar-refractivity contribution in [3.8, 4) is 11.4 Å². The Morgan fingerprint density at radius 2 is 1.94 bits per heavy atom. The molecule has 1 aromatic heterocycles. The number of anilines is 1. The zero-order chi connectivity index (χ0) is 22.8. The molecule has 0 radical (unpaired) electrons. The van der Waals surface area contributed by atoms with Gasteiger partial charge in [0.2, 0.25) is 0 Å². The summed E-state index contributed by atoms with van der Waals surface area (Å²) < 4.78 is 7.64. The van der Waals surface area contributed by atoms with E-state index in [2.05, 4.69) is 40.3 Å². The minimum atomic E-state index is -0.210. The van der Waals surface area contributed by atoms with Crippen molar-refractivity contribution >= 4 is 41.0 Å². The predicted molar refractivity (Wildman–Crippen MR) is 134 cm³/mol. The maximum atomic E-state index is 12.6. The number of nitrogens with zero attached hydrogens (tertiary/aromatic N) is 1. The van der Waals surface area contributed by atoms with Crippen LogP contribution in [0, 0.1) is 13.8 Å². The first-order valence-electron chi connectivity index (χ1n) is 10.5. The first-order chi connectivity index (χ1) is 15.4. The Morgan fingerprint density at radius 1 is 1.19 bits per heavy atom. The fourth-order valence-electron chi connectivity index (χ4n) is 3.84. The lowest BCUT2D eigenvalue weighted by Crippen LogP contribution is -2.30. The molecule has 5 nitrogen and oxygen atoms in total. The van der Waals surface area contributed by atoms with Gasteiger partial charge < -0.3 is 19.9 Å². The number of aromatic nitrogens is 1. The fourth-order valence-corrected chi connectivity index (χ4v) is 4.98. The molecule has 0 unspecified atom stereocenters. The van der Waals surface area contributed by atoms with E-state index in [1.54, 1.807) is 7.11 Å². The summed E-state index contributed by atoms with van der Waals surface area (Å²) in [5.74, 6) is 0.657. The van der Waals surface area contributed by atoms with E-state index in [1.165, 1.54) is 17.3 Å². The molecule has 0 spiro atoms. The smallest absolute Gasteiger partial charge is 0.260 e. The molecule has 7 heteroatoms. The van der Waals surface area contributed by atoms with Crippen LogP contribution in [-0.4, -0.2) is 23.1 Å². The molecule has 0 aliphatic carbocycles. The first-order valence-corrected chi connectivity index (χ1v) is 11.7. The highest BCUT2D eigenvalue weighted by Gasteiger charge is 2.27. The number of aryl methyl sites for hydroxylation is 2. The Kier molecular flexibility index (Phi) is 6.53. The summed E-state index contributed by atoms with van der Waals surface area (Å²) in [6, 6.07) is 15.9. The summed E-state index contributed by atoms with van der Waals surface area (Å²) >= 11 is 7.73. The van der Waals surface area contributed by atoms with Crippen molar-refractivity contribution in [1.82, 2.24) is 9.88 Å². The van der Waals surface area contributed by atoms with E-state index in [-0.39, 0.29) is 11.4 Å². The molecule has 1 aliphatic rings. The fraction of sp³-hybridized carbons (Fsp3) is 0.240. The molecule has 4 rings (SSSR count). The first kappa shape index (κ1) is 22.4. The molecular formula is C25H26ClN3O2S. The highest BCUT2D eigenvalue weighted by Crippen LogP contribution is 2.34. The molecule has 0 saturated carbocycles. The molecule has 0 bridgehead atoms. The molecule has 2 aromatic carbocycles. The number of benzene rings is 2. The summed E-state index contributed by atoms with van der Waals surface area (Å²) in [6.07, 6.45) is 2.94. The number of hydrogen-bond donors (Lipinski definition) is 2. The Balaban J connectivity index is 1.58. The van der Waals surface area contributed by atoms with E-state index < -0.39 is 0 Å². The second kappa shape index (κ2) is 9.35. The van der Waals surface area contributed by atoms with Crippen molar-refractivity contribution in [3.05, 3.63) is 81.0 Å². The SMILES string of the molecule is CCc1ccc(N[C@H]2NC(=O)/C(=C/c3cc(C)n(-c4cc(Cl)ccc4OC)c3C)S2)cc1. The van der Waals surface area contributed by atoms with Gasteiger partial charge in [-0.1, -0.05) is 42.4 Å². The van der Waals surface area contributed by atoms with Crippen LogP contribution in [0.4, 0.5) is 5.69 Å².